The molecule has 68 valence electrons. The second-order valence-electron chi connectivity index (χ2n) is 3.27. The number of rotatable bonds is 6. The zero-order valence-electron chi connectivity index (χ0n) is 7.76. The zero-order chi connectivity index (χ0) is 8.69. The number of hydrogen-bond acceptors (Lipinski definition) is 3. The van der Waals surface area contributed by atoms with Gasteiger partial charge in [0, 0.05) is 19.7 Å². The summed E-state index contributed by atoms with van der Waals surface area (Å²) in [5, 5.41) is 3.26. The van der Waals surface area contributed by atoms with Gasteiger partial charge < -0.3 is 15.8 Å². The van der Waals surface area contributed by atoms with Gasteiger partial charge in [0.05, 0.1) is 6.61 Å². The summed E-state index contributed by atoms with van der Waals surface area (Å²) in [6, 6.07) is 0.124. The first-order chi connectivity index (χ1) is 5.16. The first-order valence-corrected chi connectivity index (χ1v) is 4.12. The van der Waals surface area contributed by atoms with Crippen LogP contribution in [0.1, 0.15) is 13.8 Å². The van der Waals surface area contributed by atoms with Crippen LogP contribution in [0.2, 0.25) is 0 Å². The molecule has 0 amide bonds. The van der Waals surface area contributed by atoms with Crippen molar-refractivity contribution in [2.24, 2.45) is 11.7 Å². The Balaban J connectivity index is 3.10. The molecule has 0 spiro atoms. The minimum absolute atomic E-state index is 0.124. The van der Waals surface area contributed by atoms with E-state index in [9.17, 15) is 0 Å². The molecule has 0 aromatic rings. The van der Waals surface area contributed by atoms with E-state index in [1.165, 1.54) is 0 Å². The lowest BCUT2D eigenvalue weighted by molar-refractivity contribution is 0.178. The van der Waals surface area contributed by atoms with Crippen molar-refractivity contribution in [1.29, 1.82) is 0 Å². The van der Waals surface area contributed by atoms with Crippen LogP contribution in [0.5, 0.6) is 0 Å². The van der Waals surface area contributed by atoms with E-state index in [1.54, 1.807) is 7.11 Å². The molecule has 0 rings (SSSR count). The molecular formula is C8H20N2O. The molecule has 0 aromatic heterocycles. The highest BCUT2D eigenvalue weighted by Crippen LogP contribution is 1.86. The van der Waals surface area contributed by atoms with Crippen LogP contribution in [0.4, 0.5) is 0 Å². The lowest BCUT2D eigenvalue weighted by Gasteiger charge is -2.12. The molecule has 0 fully saturated rings. The molecule has 0 aliphatic heterocycles. The van der Waals surface area contributed by atoms with Crippen molar-refractivity contribution in [2.45, 2.75) is 19.9 Å². The van der Waals surface area contributed by atoms with Crippen LogP contribution in [-0.4, -0.2) is 32.8 Å². The van der Waals surface area contributed by atoms with Crippen LogP contribution in [0.15, 0.2) is 0 Å². The lowest BCUT2D eigenvalue weighted by Crippen LogP contribution is -2.38. The molecular weight excluding hydrogens is 140 g/mol. The minimum atomic E-state index is 0.124. The van der Waals surface area contributed by atoms with Crippen molar-refractivity contribution in [3.05, 3.63) is 0 Å². The molecule has 0 heterocycles. The number of nitrogens with one attached hydrogen (secondary N) is 1. The molecule has 0 saturated carbocycles. The van der Waals surface area contributed by atoms with Gasteiger partial charge in [-0.2, -0.15) is 0 Å². The normalized spacial score (nSPS) is 13.9. The highest BCUT2D eigenvalue weighted by Gasteiger charge is 2.00. The third-order valence-electron chi connectivity index (χ3n) is 1.34. The second-order valence-corrected chi connectivity index (χ2v) is 3.27. The maximum absolute atomic E-state index is 5.68. The minimum Gasteiger partial charge on any atom is -0.383 e. The molecule has 3 N–H and O–H groups in total. The first kappa shape index (κ1) is 10.9. The Morgan fingerprint density at radius 3 is 2.45 bits per heavy atom. The number of hydrogen-bond donors (Lipinski definition) is 2. The van der Waals surface area contributed by atoms with Crippen LogP contribution in [0.25, 0.3) is 0 Å². The first-order valence-electron chi connectivity index (χ1n) is 4.12. The number of methoxy groups -OCH3 is 1. The fourth-order valence-corrected chi connectivity index (χ4v) is 0.830. The molecule has 0 radical (unpaired) electrons. The highest BCUT2D eigenvalue weighted by molar-refractivity contribution is 4.63. The Bertz CT molecular complexity index is 86.2. The molecule has 3 nitrogen and oxygen atoms in total. The van der Waals surface area contributed by atoms with Crippen molar-refractivity contribution in [3.8, 4) is 0 Å². The largest absolute Gasteiger partial charge is 0.383 e. The van der Waals surface area contributed by atoms with Gasteiger partial charge in [0.25, 0.3) is 0 Å². The van der Waals surface area contributed by atoms with Gasteiger partial charge in [-0.3, -0.25) is 0 Å². The van der Waals surface area contributed by atoms with Gasteiger partial charge in [-0.15, -0.1) is 0 Å². The van der Waals surface area contributed by atoms with E-state index in [4.69, 9.17) is 10.5 Å². The Kier molecular flexibility index (Phi) is 6.51. The van der Waals surface area contributed by atoms with Gasteiger partial charge in [0.1, 0.15) is 0 Å². The summed E-state index contributed by atoms with van der Waals surface area (Å²) in [5.41, 5.74) is 5.68. The molecule has 3 heteroatoms. The van der Waals surface area contributed by atoms with E-state index in [0.29, 0.717) is 12.5 Å². The fourth-order valence-electron chi connectivity index (χ4n) is 0.830. The molecule has 11 heavy (non-hydrogen) atoms. The van der Waals surface area contributed by atoms with Gasteiger partial charge in [0.15, 0.2) is 0 Å². The van der Waals surface area contributed by atoms with Crippen molar-refractivity contribution in [3.63, 3.8) is 0 Å². The van der Waals surface area contributed by atoms with E-state index in [2.05, 4.69) is 19.2 Å². The number of ether oxygens (including phenoxy) is 1. The summed E-state index contributed by atoms with van der Waals surface area (Å²) in [6.45, 7) is 6.85. The standard InChI is InChI=1S/C8H20N2O/c1-7(2)4-10-5-8(9)6-11-3/h7-8,10H,4-6,9H2,1-3H3. The van der Waals surface area contributed by atoms with E-state index < -0.39 is 0 Å². The van der Waals surface area contributed by atoms with Gasteiger partial charge in [-0.1, -0.05) is 13.8 Å². The quantitative estimate of drug-likeness (QED) is 0.584. The SMILES string of the molecule is COCC(N)CNCC(C)C. The number of nitrogens with two attached hydrogens (primary N) is 1. The smallest absolute Gasteiger partial charge is 0.0626 e. The van der Waals surface area contributed by atoms with Crippen molar-refractivity contribution in [1.82, 2.24) is 5.32 Å². The van der Waals surface area contributed by atoms with Crippen LogP contribution in [0, 0.1) is 5.92 Å². The van der Waals surface area contributed by atoms with Crippen molar-refractivity contribution in [2.75, 3.05) is 26.8 Å². The third kappa shape index (κ3) is 7.78. The fraction of sp³-hybridized carbons (Fsp3) is 1.00. The van der Waals surface area contributed by atoms with Crippen LogP contribution >= 0.6 is 0 Å². The van der Waals surface area contributed by atoms with Gasteiger partial charge in [-0.25, -0.2) is 0 Å². The highest BCUT2D eigenvalue weighted by atomic mass is 16.5. The predicted octanol–water partition coefficient (Wildman–Crippen LogP) is 0.206. The van der Waals surface area contributed by atoms with Gasteiger partial charge in [0.2, 0.25) is 0 Å². The summed E-state index contributed by atoms with van der Waals surface area (Å²) < 4.78 is 4.90. The van der Waals surface area contributed by atoms with E-state index in [0.717, 1.165) is 13.1 Å². The average Bonchev–Trinajstić information content (AvgIpc) is 1.87. The Hall–Kier alpha value is -0.120. The van der Waals surface area contributed by atoms with Crippen molar-refractivity contribution < 1.29 is 4.74 Å². The van der Waals surface area contributed by atoms with E-state index in [-0.39, 0.29) is 6.04 Å². The molecule has 0 aliphatic rings. The molecule has 0 bridgehead atoms. The van der Waals surface area contributed by atoms with Gasteiger partial charge in [-0.05, 0) is 12.5 Å². The van der Waals surface area contributed by atoms with E-state index in [1.807, 2.05) is 0 Å². The van der Waals surface area contributed by atoms with Crippen molar-refractivity contribution >= 4 is 0 Å². The monoisotopic (exact) mass is 160 g/mol. The molecule has 0 aliphatic carbocycles. The molecule has 0 saturated heterocycles. The van der Waals surface area contributed by atoms with E-state index >= 15 is 0 Å². The predicted molar refractivity (Wildman–Crippen MR) is 47.6 cm³/mol. The summed E-state index contributed by atoms with van der Waals surface area (Å²) in [4.78, 5) is 0. The summed E-state index contributed by atoms with van der Waals surface area (Å²) in [7, 11) is 1.67. The van der Waals surface area contributed by atoms with Crippen LogP contribution in [-0.2, 0) is 4.74 Å². The molecule has 1 atom stereocenters. The zero-order valence-corrected chi connectivity index (χ0v) is 7.76. The topological polar surface area (TPSA) is 47.3 Å². The summed E-state index contributed by atoms with van der Waals surface area (Å²) in [6.07, 6.45) is 0. The Labute approximate surface area is 69.3 Å². The third-order valence-corrected chi connectivity index (χ3v) is 1.34. The Morgan fingerprint density at radius 2 is 2.00 bits per heavy atom. The average molecular weight is 160 g/mol. The van der Waals surface area contributed by atoms with Gasteiger partial charge >= 0.3 is 0 Å². The molecule has 0 aromatic carbocycles. The molecule has 1 unspecified atom stereocenters. The second kappa shape index (κ2) is 6.58. The lowest BCUT2D eigenvalue weighted by atomic mass is 10.2. The van der Waals surface area contributed by atoms with Crippen LogP contribution in [0.3, 0.4) is 0 Å². The Morgan fingerprint density at radius 1 is 1.36 bits per heavy atom. The maximum Gasteiger partial charge on any atom is 0.0626 e. The van der Waals surface area contributed by atoms with Crippen LogP contribution < -0.4 is 11.1 Å². The summed E-state index contributed by atoms with van der Waals surface area (Å²) in [5.74, 6) is 0.685. The summed E-state index contributed by atoms with van der Waals surface area (Å²) >= 11 is 0. The maximum atomic E-state index is 5.68.